The molecule has 1 amide bonds. The van der Waals surface area contributed by atoms with Crippen LogP contribution in [-0.2, 0) is 4.79 Å². The highest BCUT2D eigenvalue weighted by molar-refractivity contribution is 5.82. The number of amides is 1. The first-order valence-corrected chi connectivity index (χ1v) is 8.28. The molecular weight excluding hydrogens is 236 g/mol. The molecule has 0 aromatic heterocycles. The van der Waals surface area contributed by atoms with Crippen molar-refractivity contribution in [2.75, 3.05) is 20.1 Å². The molecule has 3 rings (SSSR count). The standard InChI is InChI=1S/C16H28N2O/c1-17-10-9-12-6-4-5-11-18(12)16(19)15-13-7-2-3-8-14(13)15/h12-15,17H,2-11H2,1H3. The number of rotatable bonds is 4. The van der Waals surface area contributed by atoms with Crippen LogP contribution in [0.5, 0.6) is 0 Å². The van der Waals surface area contributed by atoms with Gasteiger partial charge in [0, 0.05) is 18.5 Å². The summed E-state index contributed by atoms with van der Waals surface area (Å²) in [5, 5.41) is 3.23. The van der Waals surface area contributed by atoms with Gasteiger partial charge in [-0.2, -0.15) is 0 Å². The van der Waals surface area contributed by atoms with E-state index in [1.165, 1.54) is 44.9 Å². The van der Waals surface area contributed by atoms with Gasteiger partial charge < -0.3 is 10.2 Å². The summed E-state index contributed by atoms with van der Waals surface area (Å²) in [4.78, 5) is 15.1. The minimum atomic E-state index is 0.415. The molecule has 3 heteroatoms. The highest BCUT2D eigenvalue weighted by Gasteiger charge is 2.56. The van der Waals surface area contributed by atoms with E-state index in [2.05, 4.69) is 10.2 Å². The maximum absolute atomic E-state index is 12.8. The van der Waals surface area contributed by atoms with Gasteiger partial charge in [-0.25, -0.2) is 0 Å². The molecule has 3 fully saturated rings. The van der Waals surface area contributed by atoms with E-state index in [1.807, 2.05) is 7.05 Å². The monoisotopic (exact) mass is 264 g/mol. The lowest BCUT2D eigenvalue weighted by atomic mass is 9.98. The summed E-state index contributed by atoms with van der Waals surface area (Å²) in [5.74, 6) is 2.44. The van der Waals surface area contributed by atoms with Gasteiger partial charge in [0.15, 0.2) is 0 Å². The van der Waals surface area contributed by atoms with E-state index in [0.717, 1.165) is 31.3 Å². The molecule has 3 unspecified atom stereocenters. The van der Waals surface area contributed by atoms with Crippen LogP contribution in [0.15, 0.2) is 0 Å². The minimum absolute atomic E-state index is 0.415. The van der Waals surface area contributed by atoms with Gasteiger partial charge >= 0.3 is 0 Å². The quantitative estimate of drug-likeness (QED) is 0.845. The molecule has 2 saturated carbocycles. The van der Waals surface area contributed by atoms with E-state index in [0.29, 0.717) is 17.9 Å². The molecule has 19 heavy (non-hydrogen) atoms. The number of nitrogens with one attached hydrogen (secondary N) is 1. The second-order valence-electron chi connectivity index (χ2n) is 6.71. The number of carbonyl (C=O) groups excluding carboxylic acids is 1. The zero-order valence-electron chi connectivity index (χ0n) is 12.2. The predicted octanol–water partition coefficient (Wildman–Crippen LogP) is 2.41. The van der Waals surface area contributed by atoms with Gasteiger partial charge in [0.25, 0.3) is 0 Å². The third kappa shape index (κ3) is 2.67. The van der Waals surface area contributed by atoms with Crippen molar-refractivity contribution in [3.8, 4) is 0 Å². The van der Waals surface area contributed by atoms with E-state index in [9.17, 15) is 4.79 Å². The first kappa shape index (κ1) is 13.4. The van der Waals surface area contributed by atoms with Crippen molar-refractivity contribution in [3.05, 3.63) is 0 Å². The van der Waals surface area contributed by atoms with E-state index in [4.69, 9.17) is 0 Å². The van der Waals surface area contributed by atoms with Gasteiger partial charge in [-0.05, 0) is 64.0 Å². The Balaban J connectivity index is 1.60. The Kier molecular flexibility index (Phi) is 4.11. The number of fused-ring (bicyclic) bond motifs is 1. The highest BCUT2D eigenvalue weighted by atomic mass is 16.2. The number of carbonyl (C=O) groups is 1. The van der Waals surface area contributed by atoms with Crippen LogP contribution in [-0.4, -0.2) is 37.0 Å². The summed E-state index contributed by atoms with van der Waals surface area (Å²) in [5.41, 5.74) is 0. The zero-order chi connectivity index (χ0) is 13.2. The first-order valence-electron chi connectivity index (χ1n) is 8.28. The normalized spacial score (nSPS) is 37.8. The molecule has 1 aliphatic heterocycles. The fourth-order valence-electron chi connectivity index (χ4n) is 4.45. The number of hydrogen-bond acceptors (Lipinski definition) is 2. The summed E-state index contributed by atoms with van der Waals surface area (Å²) < 4.78 is 0. The molecule has 0 bridgehead atoms. The van der Waals surface area contributed by atoms with Crippen LogP contribution in [0.1, 0.15) is 51.4 Å². The summed E-state index contributed by atoms with van der Waals surface area (Å²) in [6, 6.07) is 0.511. The van der Waals surface area contributed by atoms with Crippen LogP contribution < -0.4 is 5.32 Å². The molecule has 3 atom stereocenters. The van der Waals surface area contributed by atoms with E-state index >= 15 is 0 Å². The van der Waals surface area contributed by atoms with E-state index in [-0.39, 0.29) is 0 Å². The second-order valence-corrected chi connectivity index (χ2v) is 6.71. The lowest BCUT2D eigenvalue weighted by molar-refractivity contribution is -0.137. The lowest BCUT2D eigenvalue weighted by Gasteiger charge is -2.36. The topological polar surface area (TPSA) is 32.3 Å². The van der Waals surface area contributed by atoms with Crippen LogP contribution in [0, 0.1) is 17.8 Å². The van der Waals surface area contributed by atoms with Crippen molar-refractivity contribution in [3.63, 3.8) is 0 Å². The number of nitrogens with zero attached hydrogens (tertiary/aromatic N) is 1. The van der Waals surface area contributed by atoms with Gasteiger partial charge in [-0.15, -0.1) is 0 Å². The molecule has 3 nitrogen and oxygen atoms in total. The third-order valence-electron chi connectivity index (χ3n) is 5.58. The molecule has 0 radical (unpaired) electrons. The molecule has 0 aromatic rings. The summed E-state index contributed by atoms with van der Waals surface area (Å²) >= 11 is 0. The predicted molar refractivity (Wildman–Crippen MR) is 76.8 cm³/mol. The fraction of sp³-hybridized carbons (Fsp3) is 0.938. The van der Waals surface area contributed by atoms with Crippen molar-refractivity contribution in [1.82, 2.24) is 10.2 Å². The molecule has 3 aliphatic rings. The van der Waals surface area contributed by atoms with Gasteiger partial charge in [-0.3, -0.25) is 4.79 Å². The number of piperidine rings is 1. The average molecular weight is 264 g/mol. The Morgan fingerprint density at radius 3 is 2.47 bits per heavy atom. The number of likely N-dealkylation sites (tertiary alicyclic amines) is 1. The Morgan fingerprint density at radius 1 is 1.11 bits per heavy atom. The van der Waals surface area contributed by atoms with Crippen molar-refractivity contribution >= 4 is 5.91 Å². The molecule has 2 aliphatic carbocycles. The van der Waals surface area contributed by atoms with Gasteiger partial charge in [0.1, 0.15) is 0 Å². The summed E-state index contributed by atoms with van der Waals surface area (Å²) in [7, 11) is 2.00. The molecular formula is C16H28N2O. The maximum atomic E-state index is 12.8. The molecule has 108 valence electrons. The van der Waals surface area contributed by atoms with Crippen LogP contribution in [0.3, 0.4) is 0 Å². The Hall–Kier alpha value is -0.570. The number of hydrogen-bond donors (Lipinski definition) is 1. The third-order valence-corrected chi connectivity index (χ3v) is 5.58. The van der Waals surface area contributed by atoms with Crippen LogP contribution in [0.25, 0.3) is 0 Å². The second kappa shape index (κ2) is 5.82. The zero-order valence-corrected chi connectivity index (χ0v) is 12.2. The summed E-state index contributed by atoms with van der Waals surface area (Å²) in [6.45, 7) is 2.05. The minimum Gasteiger partial charge on any atom is -0.339 e. The van der Waals surface area contributed by atoms with E-state index < -0.39 is 0 Å². The fourth-order valence-corrected chi connectivity index (χ4v) is 4.45. The lowest BCUT2D eigenvalue weighted by Crippen LogP contribution is -2.45. The van der Waals surface area contributed by atoms with Crippen molar-refractivity contribution in [2.24, 2.45) is 17.8 Å². The van der Waals surface area contributed by atoms with Crippen molar-refractivity contribution in [1.29, 1.82) is 0 Å². The van der Waals surface area contributed by atoms with E-state index in [1.54, 1.807) is 0 Å². The molecule has 1 heterocycles. The van der Waals surface area contributed by atoms with Gasteiger partial charge in [0.05, 0.1) is 0 Å². The van der Waals surface area contributed by atoms with Crippen LogP contribution >= 0.6 is 0 Å². The maximum Gasteiger partial charge on any atom is 0.226 e. The molecule has 1 saturated heterocycles. The molecule has 1 N–H and O–H groups in total. The van der Waals surface area contributed by atoms with Gasteiger partial charge in [0.2, 0.25) is 5.91 Å². The smallest absolute Gasteiger partial charge is 0.226 e. The van der Waals surface area contributed by atoms with Crippen molar-refractivity contribution < 1.29 is 4.79 Å². The van der Waals surface area contributed by atoms with Gasteiger partial charge in [-0.1, -0.05) is 12.8 Å². The Labute approximate surface area is 117 Å². The average Bonchev–Trinajstić information content (AvgIpc) is 3.19. The molecule has 0 aromatic carbocycles. The van der Waals surface area contributed by atoms with Crippen LogP contribution in [0.2, 0.25) is 0 Å². The Morgan fingerprint density at radius 2 is 1.79 bits per heavy atom. The van der Waals surface area contributed by atoms with Crippen molar-refractivity contribution in [2.45, 2.75) is 57.4 Å². The summed E-state index contributed by atoms with van der Waals surface area (Å²) in [6.07, 6.45) is 10.2. The Bertz CT molecular complexity index is 319. The molecule has 0 spiro atoms. The SMILES string of the molecule is CNCCC1CCCCN1C(=O)C1C2CCCCC21. The highest BCUT2D eigenvalue weighted by Crippen LogP contribution is 2.56. The van der Waals surface area contributed by atoms with Crippen LogP contribution in [0.4, 0.5) is 0 Å². The first-order chi connectivity index (χ1) is 9.33. The largest absolute Gasteiger partial charge is 0.339 e.